The summed E-state index contributed by atoms with van der Waals surface area (Å²) >= 11 is 0. The molecule has 0 unspecified atom stereocenters. The Morgan fingerprint density at radius 2 is 1.55 bits per heavy atom. The number of carboxylic acid groups (broad SMARTS) is 1. The molecular formula is C38H37N3O7S. The molecule has 4 aromatic carbocycles. The number of aromatic carboxylic acids is 1. The average Bonchev–Trinajstić information content (AvgIpc) is 3.10. The molecule has 0 aliphatic carbocycles. The van der Waals surface area contributed by atoms with Gasteiger partial charge in [0, 0.05) is 43.0 Å². The minimum atomic E-state index is -3.98. The van der Waals surface area contributed by atoms with Crippen molar-refractivity contribution < 1.29 is 33.0 Å². The summed E-state index contributed by atoms with van der Waals surface area (Å²) in [7, 11) is -2.67. The highest BCUT2D eigenvalue weighted by Gasteiger charge is 2.28. The van der Waals surface area contributed by atoms with Crippen LogP contribution in [0.3, 0.4) is 0 Å². The van der Waals surface area contributed by atoms with Crippen LogP contribution >= 0.6 is 0 Å². The molecule has 0 saturated carbocycles. The van der Waals surface area contributed by atoms with Gasteiger partial charge in [-0.05, 0) is 85.3 Å². The molecule has 252 valence electrons. The zero-order valence-corrected chi connectivity index (χ0v) is 28.1. The first-order valence-corrected chi connectivity index (χ1v) is 17.2. The monoisotopic (exact) mass is 679 g/mol. The Hall–Kier alpha value is -5.44. The fourth-order valence-corrected chi connectivity index (χ4v) is 6.95. The molecule has 0 spiro atoms. The van der Waals surface area contributed by atoms with Gasteiger partial charge in [0.15, 0.2) is 0 Å². The van der Waals surface area contributed by atoms with Crippen molar-refractivity contribution >= 4 is 33.5 Å². The zero-order chi connectivity index (χ0) is 35.3. The fraction of sp³-hybridized carbons (Fsp3) is 0.237. The number of amides is 2. The molecule has 1 saturated heterocycles. The lowest BCUT2D eigenvalue weighted by Crippen LogP contribution is -2.41. The van der Waals surface area contributed by atoms with Crippen molar-refractivity contribution in [3.8, 4) is 18.1 Å². The molecule has 2 N–H and O–H groups in total. The van der Waals surface area contributed by atoms with Crippen molar-refractivity contribution in [2.75, 3.05) is 31.6 Å². The van der Waals surface area contributed by atoms with Gasteiger partial charge in [-0.2, -0.15) is 4.31 Å². The summed E-state index contributed by atoms with van der Waals surface area (Å²) in [6.45, 7) is 2.60. The van der Waals surface area contributed by atoms with Crippen LogP contribution in [-0.2, 0) is 21.4 Å². The lowest BCUT2D eigenvalue weighted by Gasteiger charge is -2.32. The number of hydrogen-bond donors (Lipinski definition) is 2. The van der Waals surface area contributed by atoms with E-state index in [-0.39, 0.29) is 34.5 Å². The van der Waals surface area contributed by atoms with Gasteiger partial charge in [0.2, 0.25) is 15.9 Å². The molecule has 10 nitrogen and oxygen atoms in total. The molecule has 0 atom stereocenters. The van der Waals surface area contributed by atoms with Crippen molar-refractivity contribution in [3.63, 3.8) is 0 Å². The fourth-order valence-electron chi connectivity index (χ4n) is 5.83. The molecule has 1 aliphatic rings. The number of phenols is 1. The number of sulfonamides is 1. The van der Waals surface area contributed by atoms with Crippen LogP contribution in [0.4, 0.5) is 5.69 Å². The maximum Gasteiger partial charge on any atom is 0.339 e. The van der Waals surface area contributed by atoms with Gasteiger partial charge in [-0.25, -0.2) is 13.2 Å². The van der Waals surface area contributed by atoms with Gasteiger partial charge < -0.3 is 20.0 Å². The second-order valence-electron chi connectivity index (χ2n) is 12.1. The summed E-state index contributed by atoms with van der Waals surface area (Å²) in [5.41, 5.74) is 3.94. The summed E-state index contributed by atoms with van der Waals surface area (Å²) in [6, 6.07) is 24.9. The van der Waals surface area contributed by atoms with Crippen molar-refractivity contribution in [2.45, 2.75) is 37.1 Å². The molecular weight excluding hydrogens is 642 g/mol. The second-order valence-corrected chi connectivity index (χ2v) is 14.1. The predicted molar refractivity (Wildman–Crippen MR) is 186 cm³/mol. The van der Waals surface area contributed by atoms with Crippen LogP contribution in [0.2, 0.25) is 0 Å². The van der Waals surface area contributed by atoms with E-state index in [1.807, 2.05) is 36.1 Å². The highest BCUT2D eigenvalue weighted by Crippen LogP contribution is 2.31. The maximum absolute atomic E-state index is 13.7. The first-order chi connectivity index (χ1) is 23.4. The number of aromatic hydroxyl groups is 1. The Kier molecular flexibility index (Phi) is 10.5. The van der Waals surface area contributed by atoms with E-state index in [9.17, 15) is 33.0 Å². The minimum Gasteiger partial charge on any atom is -0.507 e. The number of benzene rings is 4. The molecule has 49 heavy (non-hydrogen) atoms. The Morgan fingerprint density at radius 3 is 2.12 bits per heavy atom. The lowest BCUT2D eigenvalue weighted by atomic mass is 9.88. The topological polar surface area (TPSA) is 136 Å². The third kappa shape index (κ3) is 8.00. The number of anilines is 1. The molecule has 5 rings (SSSR count). The highest BCUT2D eigenvalue weighted by atomic mass is 32.2. The summed E-state index contributed by atoms with van der Waals surface area (Å²) in [5, 5.41) is 19.8. The van der Waals surface area contributed by atoms with Crippen molar-refractivity contribution in [1.82, 2.24) is 9.21 Å². The van der Waals surface area contributed by atoms with E-state index in [4.69, 9.17) is 6.42 Å². The number of carbonyl (C=O) groups excluding carboxylic acids is 2. The number of aryl methyl sites for hydroxylation is 1. The molecule has 0 bridgehead atoms. The average molecular weight is 680 g/mol. The Bertz CT molecular complexity index is 1990. The summed E-state index contributed by atoms with van der Waals surface area (Å²) in [4.78, 5) is 41.5. The minimum absolute atomic E-state index is 0.0261. The number of carbonyl (C=O) groups is 3. The second kappa shape index (κ2) is 14.8. The number of terminal acetylenes is 1. The predicted octanol–water partition coefficient (Wildman–Crippen LogP) is 5.25. The number of hydrogen-bond acceptors (Lipinski definition) is 6. The van der Waals surface area contributed by atoms with Crippen LogP contribution in [0.15, 0.2) is 95.9 Å². The largest absolute Gasteiger partial charge is 0.507 e. The van der Waals surface area contributed by atoms with Gasteiger partial charge >= 0.3 is 5.97 Å². The highest BCUT2D eigenvalue weighted by molar-refractivity contribution is 7.89. The van der Waals surface area contributed by atoms with Crippen molar-refractivity contribution in [3.05, 3.63) is 124 Å². The van der Waals surface area contributed by atoms with Crippen molar-refractivity contribution in [1.29, 1.82) is 0 Å². The summed E-state index contributed by atoms with van der Waals surface area (Å²) in [5.74, 6) is 0.348. The third-order valence-electron chi connectivity index (χ3n) is 8.78. The van der Waals surface area contributed by atoms with E-state index in [2.05, 4.69) is 5.92 Å². The van der Waals surface area contributed by atoms with Crippen LogP contribution < -0.4 is 4.90 Å². The Labute approximate surface area is 286 Å². The van der Waals surface area contributed by atoms with Gasteiger partial charge in [-0.1, -0.05) is 47.9 Å². The van der Waals surface area contributed by atoms with E-state index in [0.717, 1.165) is 39.4 Å². The normalized spacial score (nSPS) is 13.6. The molecule has 2 amide bonds. The first-order valence-electron chi connectivity index (χ1n) is 15.7. The number of piperidine rings is 1. The Morgan fingerprint density at radius 1 is 0.918 bits per heavy atom. The lowest BCUT2D eigenvalue weighted by molar-refractivity contribution is -0.118. The van der Waals surface area contributed by atoms with Crippen LogP contribution in [0.5, 0.6) is 5.75 Å². The number of likely N-dealkylation sites (N-methyl/N-ethyl adjacent to an activating group) is 1. The summed E-state index contributed by atoms with van der Waals surface area (Å²) in [6.07, 6.45) is 7.00. The van der Waals surface area contributed by atoms with Crippen LogP contribution in [0, 0.1) is 19.3 Å². The number of rotatable bonds is 10. The molecule has 1 aliphatic heterocycles. The molecule has 0 aromatic heterocycles. The van der Waals surface area contributed by atoms with E-state index >= 15 is 0 Å². The first kappa shape index (κ1) is 34.9. The van der Waals surface area contributed by atoms with Crippen LogP contribution in [0.1, 0.15) is 61.7 Å². The Balaban J connectivity index is 1.30. The quantitative estimate of drug-likeness (QED) is 0.219. The summed E-state index contributed by atoms with van der Waals surface area (Å²) < 4.78 is 27.4. The zero-order valence-electron chi connectivity index (χ0n) is 27.2. The molecule has 4 aromatic rings. The maximum atomic E-state index is 13.7. The van der Waals surface area contributed by atoms with Crippen LogP contribution in [0.25, 0.3) is 0 Å². The van der Waals surface area contributed by atoms with Gasteiger partial charge in [0.1, 0.15) is 11.3 Å². The standard InChI is InChI=1S/C38H37N3O7S/c1-4-27-7-13-31(14-8-27)37(44)40-21-19-30(20-22-40)29-11-9-28(10-12-29)24-41(32-15-18-34(38(45)46)35(42)23-32)36(43)25-39(3)49(47,48)33-16-5-26(2)6-17-33/h1,5-18,23,30,42H,19-22,24-25H2,2-3H3,(H,45,46). The number of nitrogens with zero attached hydrogens (tertiary/aromatic N) is 3. The van der Waals surface area contributed by atoms with E-state index in [1.165, 1.54) is 42.3 Å². The number of carboxylic acids is 1. The van der Waals surface area contributed by atoms with Gasteiger partial charge in [-0.15, -0.1) is 6.42 Å². The third-order valence-corrected chi connectivity index (χ3v) is 10.6. The SMILES string of the molecule is C#Cc1ccc(C(=O)N2CCC(c3ccc(CN(C(=O)CN(C)S(=O)(=O)c4ccc(C)cc4)c4ccc(C(=O)O)c(O)c4)cc3)CC2)cc1. The van der Waals surface area contributed by atoms with Crippen molar-refractivity contribution in [2.24, 2.45) is 0 Å². The number of likely N-dealkylation sites (tertiary alicyclic amines) is 1. The van der Waals surface area contributed by atoms with Crippen LogP contribution in [-0.4, -0.2) is 72.3 Å². The van der Waals surface area contributed by atoms with E-state index in [1.54, 1.807) is 36.4 Å². The molecule has 0 radical (unpaired) electrons. The van der Waals surface area contributed by atoms with Gasteiger partial charge in [-0.3, -0.25) is 9.59 Å². The van der Waals surface area contributed by atoms with Gasteiger partial charge in [0.25, 0.3) is 5.91 Å². The van der Waals surface area contributed by atoms with E-state index in [0.29, 0.717) is 18.7 Å². The molecule has 1 heterocycles. The molecule has 1 fully saturated rings. The van der Waals surface area contributed by atoms with E-state index < -0.39 is 34.2 Å². The molecule has 11 heteroatoms. The van der Waals surface area contributed by atoms with Gasteiger partial charge in [0.05, 0.1) is 18.0 Å². The smallest absolute Gasteiger partial charge is 0.339 e.